The van der Waals surface area contributed by atoms with Gasteiger partial charge in [-0.3, -0.25) is 0 Å². The Labute approximate surface area is 76.5 Å². The van der Waals surface area contributed by atoms with Gasteiger partial charge in [0.15, 0.2) is 0 Å². The van der Waals surface area contributed by atoms with E-state index in [1.165, 1.54) is 6.42 Å². The SMILES string of the molecule is CC=CCCCC(O)CCCC. The second kappa shape index (κ2) is 8.79. The molecule has 72 valence electrons. The van der Waals surface area contributed by atoms with Crippen molar-refractivity contribution < 1.29 is 5.11 Å². The third-order valence-electron chi connectivity index (χ3n) is 2.03. The molecule has 0 aliphatic rings. The van der Waals surface area contributed by atoms with Gasteiger partial charge in [0.05, 0.1) is 6.10 Å². The van der Waals surface area contributed by atoms with Crippen LogP contribution in [0.15, 0.2) is 12.2 Å². The first-order valence-corrected chi connectivity index (χ1v) is 5.10. The van der Waals surface area contributed by atoms with Gasteiger partial charge < -0.3 is 5.11 Å². The third kappa shape index (κ3) is 7.80. The molecule has 1 nitrogen and oxygen atoms in total. The minimum Gasteiger partial charge on any atom is -0.393 e. The molecule has 0 saturated carbocycles. The zero-order chi connectivity index (χ0) is 9.23. The molecule has 0 spiro atoms. The molecule has 0 radical (unpaired) electrons. The van der Waals surface area contributed by atoms with Crippen LogP contribution in [0.5, 0.6) is 0 Å². The Hall–Kier alpha value is -0.300. The van der Waals surface area contributed by atoms with Crippen molar-refractivity contribution >= 4 is 0 Å². The summed E-state index contributed by atoms with van der Waals surface area (Å²) < 4.78 is 0. The maximum absolute atomic E-state index is 9.46. The van der Waals surface area contributed by atoms with Crippen molar-refractivity contribution in [2.45, 2.75) is 58.5 Å². The van der Waals surface area contributed by atoms with Gasteiger partial charge in [0.25, 0.3) is 0 Å². The maximum Gasteiger partial charge on any atom is 0.0540 e. The lowest BCUT2D eigenvalue weighted by Crippen LogP contribution is -2.05. The summed E-state index contributed by atoms with van der Waals surface area (Å²) in [7, 11) is 0. The molecule has 0 bridgehead atoms. The molecule has 0 aromatic carbocycles. The maximum atomic E-state index is 9.46. The summed E-state index contributed by atoms with van der Waals surface area (Å²) in [4.78, 5) is 0. The Kier molecular flexibility index (Phi) is 8.57. The van der Waals surface area contributed by atoms with Gasteiger partial charge in [-0.15, -0.1) is 0 Å². The van der Waals surface area contributed by atoms with E-state index in [9.17, 15) is 5.11 Å². The van der Waals surface area contributed by atoms with E-state index < -0.39 is 0 Å². The second-order valence-corrected chi connectivity index (χ2v) is 3.30. The zero-order valence-corrected chi connectivity index (χ0v) is 8.42. The van der Waals surface area contributed by atoms with Crippen LogP contribution in [-0.4, -0.2) is 11.2 Å². The molecule has 0 rings (SSSR count). The van der Waals surface area contributed by atoms with Crippen LogP contribution in [0.3, 0.4) is 0 Å². The molecule has 0 amide bonds. The van der Waals surface area contributed by atoms with Crippen molar-refractivity contribution in [3.63, 3.8) is 0 Å². The largest absolute Gasteiger partial charge is 0.393 e. The Morgan fingerprint density at radius 2 is 1.92 bits per heavy atom. The summed E-state index contributed by atoms with van der Waals surface area (Å²) in [5.41, 5.74) is 0. The molecule has 0 aliphatic carbocycles. The van der Waals surface area contributed by atoms with Gasteiger partial charge in [-0.1, -0.05) is 31.9 Å². The highest BCUT2D eigenvalue weighted by atomic mass is 16.3. The molecular formula is C11H22O. The highest BCUT2D eigenvalue weighted by Crippen LogP contribution is 2.08. The van der Waals surface area contributed by atoms with Crippen LogP contribution in [0.2, 0.25) is 0 Å². The van der Waals surface area contributed by atoms with Crippen LogP contribution < -0.4 is 0 Å². The predicted molar refractivity (Wildman–Crippen MR) is 54.2 cm³/mol. The first kappa shape index (κ1) is 11.7. The first-order chi connectivity index (χ1) is 5.81. The lowest BCUT2D eigenvalue weighted by Gasteiger charge is -2.07. The number of hydrogen-bond acceptors (Lipinski definition) is 1. The fourth-order valence-corrected chi connectivity index (χ4v) is 1.22. The molecule has 0 heterocycles. The molecule has 1 heteroatoms. The number of rotatable bonds is 7. The van der Waals surface area contributed by atoms with Crippen molar-refractivity contribution in [2.75, 3.05) is 0 Å². The Bertz CT molecular complexity index is 108. The average Bonchev–Trinajstić information content (AvgIpc) is 2.09. The topological polar surface area (TPSA) is 20.2 Å². The molecule has 0 aromatic rings. The zero-order valence-electron chi connectivity index (χ0n) is 8.42. The van der Waals surface area contributed by atoms with Crippen LogP contribution in [0.4, 0.5) is 0 Å². The van der Waals surface area contributed by atoms with E-state index in [1.807, 2.05) is 6.92 Å². The summed E-state index contributed by atoms with van der Waals surface area (Å²) in [6, 6.07) is 0. The van der Waals surface area contributed by atoms with Gasteiger partial charge in [-0.2, -0.15) is 0 Å². The van der Waals surface area contributed by atoms with Gasteiger partial charge in [0.1, 0.15) is 0 Å². The van der Waals surface area contributed by atoms with Crippen LogP contribution in [-0.2, 0) is 0 Å². The number of allylic oxidation sites excluding steroid dienone is 2. The lowest BCUT2D eigenvalue weighted by atomic mass is 10.1. The van der Waals surface area contributed by atoms with Crippen LogP contribution >= 0.6 is 0 Å². The fourth-order valence-electron chi connectivity index (χ4n) is 1.22. The molecule has 0 saturated heterocycles. The van der Waals surface area contributed by atoms with Gasteiger partial charge in [-0.25, -0.2) is 0 Å². The van der Waals surface area contributed by atoms with Crippen LogP contribution in [0.1, 0.15) is 52.4 Å². The molecule has 0 aliphatic heterocycles. The molecule has 0 aromatic heterocycles. The predicted octanol–water partition coefficient (Wildman–Crippen LogP) is 3.28. The van der Waals surface area contributed by atoms with Crippen LogP contribution in [0, 0.1) is 0 Å². The number of aliphatic hydroxyl groups excluding tert-OH is 1. The molecule has 1 unspecified atom stereocenters. The van der Waals surface area contributed by atoms with Crippen LogP contribution in [0.25, 0.3) is 0 Å². The minimum atomic E-state index is -0.0600. The standard InChI is InChI=1S/C11H22O/c1-3-5-7-8-10-11(12)9-6-4-2/h3,5,11-12H,4,6-10H2,1-2H3. The fraction of sp³-hybridized carbons (Fsp3) is 0.818. The van der Waals surface area contributed by atoms with E-state index in [1.54, 1.807) is 0 Å². The van der Waals surface area contributed by atoms with Crippen molar-refractivity contribution in [1.82, 2.24) is 0 Å². The summed E-state index contributed by atoms with van der Waals surface area (Å²) in [5, 5.41) is 9.46. The van der Waals surface area contributed by atoms with E-state index in [-0.39, 0.29) is 6.10 Å². The number of hydrogen-bond donors (Lipinski definition) is 1. The summed E-state index contributed by atoms with van der Waals surface area (Å²) in [6.07, 6.45) is 10.7. The molecule has 0 fully saturated rings. The highest BCUT2D eigenvalue weighted by Gasteiger charge is 2.01. The quantitative estimate of drug-likeness (QED) is 0.459. The van der Waals surface area contributed by atoms with E-state index in [0.29, 0.717) is 0 Å². The Morgan fingerprint density at radius 1 is 1.25 bits per heavy atom. The van der Waals surface area contributed by atoms with Gasteiger partial charge in [0, 0.05) is 0 Å². The minimum absolute atomic E-state index is 0.0600. The molecule has 1 atom stereocenters. The normalized spacial score (nSPS) is 13.9. The molecule has 1 N–H and O–H groups in total. The van der Waals surface area contributed by atoms with Gasteiger partial charge >= 0.3 is 0 Å². The second-order valence-electron chi connectivity index (χ2n) is 3.30. The average molecular weight is 170 g/mol. The van der Waals surface area contributed by atoms with E-state index in [2.05, 4.69) is 19.1 Å². The summed E-state index contributed by atoms with van der Waals surface area (Å²) in [6.45, 7) is 4.19. The number of aliphatic hydroxyl groups is 1. The summed E-state index contributed by atoms with van der Waals surface area (Å²) >= 11 is 0. The Morgan fingerprint density at radius 3 is 2.50 bits per heavy atom. The van der Waals surface area contributed by atoms with Gasteiger partial charge in [-0.05, 0) is 32.6 Å². The van der Waals surface area contributed by atoms with Gasteiger partial charge in [0.2, 0.25) is 0 Å². The first-order valence-electron chi connectivity index (χ1n) is 5.10. The van der Waals surface area contributed by atoms with Crippen molar-refractivity contribution in [1.29, 1.82) is 0 Å². The van der Waals surface area contributed by atoms with Crippen molar-refractivity contribution in [2.24, 2.45) is 0 Å². The molecular weight excluding hydrogens is 148 g/mol. The van der Waals surface area contributed by atoms with Crippen molar-refractivity contribution in [3.05, 3.63) is 12.2 Å². The van der Waals surface area contributed by atoms with E-state index in [0.717, 1.165) is 32.1 Å². The highest BCUT2D eigenvalue weighted by molar-refractivity contribution is 4.76. The van der Waals surface area contributed by atoms with E-state index >= 15 is 0 Å². The number of unbranched alkanes of at least 4 members (excludes halogenated alkanes) is 2. The Balaban J connectivity index is 3.13. The molecule has 12 heavy (non-hydrogen) atoms. The lowest BCUT2D eigenvalue weighted by molar-refractivity contribution is 0.149. The summed E-state index contributed by atoms with van der Waals surface area (Å²) in [5.74, 6) is 0. The third-order valence-corrected chi connectivity index (χ3v) is 2.03. The van der Waals surface area contributed by atoms with E-state index in [4.69, 9.17) is 0 Å². The smallest absolute Gasteiger partial charge is 0.0540 e. The monoisotopic (exact) mass is 170 g/mol. The van der Waals surface area contributed by atoms with Crippen molar-refractivity contribution in [3.8, 4) is 0 Å².